The lowest BCUT2D eigenvalue weighted by atomic mass is 10.0. The van der Waals surface area contributed by atoms with Gasteiger partial charge in [0.1, 0.15) is 5.60 Å². The summed E-state index contributed by atoms with van der Waals surface area (Å²) in [6, 6.07) is 0.317. The summed E-state index contributed by atoms with van der Waals surface area (Å²) in [5, 5.41) is 6.59. The summed E-state index contributed by atoms with van der Waals surface area (Å²) in [4.78, 5) is 18.9. The molecule has 150 valence electrons. The van der Waals surface area contributed by atoms with Gasteiger partial charge in [0.05, 0.1) is 12.1 Å². The van der Waals surface area contributed by atoms with Crippen LogP contribution in [-0.4, -0.2) is 67.0 Å². The van der Waals surface area contributed by atoms with E-state index in [-0.39, 0.29) is 11.7 Å². The topological polar surface area (TPSA) is 75.2 Å². The van der Waals surface area contributed by atoms with E-state index in [1.165, 1.54) is 0 Å². The zero-order valence-corrected chi connectivity index (χ0v) is 17.1. The normalized spacial score (nSPS) is 23.7. The average molecular weight is 369 g/mol. The van der Waals surface area contributed by atoms with Crippen LogP contribution in [0, 0.1) is 0 Å². The van der Waals surface area contributed by atoms with Crippen molar-refractivity contribution >= 4 is 12.1 Å². The van der Waals surface area contributed by atoms with Crippen LogP contribution in [-0.2, 0) is 9.47 Å². The lowest BCUT2D eigenvalue weighted by molar-refractivity contribution is 0.0238. The van der Waals surface area contributed by atoms with Crippen molar-refractivity contribution in [2.24, 2.45) is 4.99 Å². The molecular weight excluding hydrogens is 332 g/mol. The zero-order valence-electron chi connectivity index (χ0n) is 17.1. The van der Waals surface area contributed by atoms with Crippen LogP contribution in [0.4, 0.5) is 4.79 Å². The first kappa shape index (κ1) is 20.8. The minimum Gasteiger partial charge on any atom is -0.444 e. The number of amides is 1. The summed E-state index contributed by atoms with van der Waals surface area (Å²) in [5.41, 5.74) is -0.621. The van der Waals surface area contributed by atoms with E-state index in [4.69, 9.17) is 9.47 Å². The standard InChI is InChI=1S/C19H36N4O3/c1-6-20-16(22-14-19(5)10-7-13-25-19)21-11-12-23(15-8-9-15)17(24)26-18(2,3)4/h15H,6-14H2,1-5H3,(H2,20,21,22). The predicted molar refractivity (Wildman–Crippen MR) is 104 cm³/mol. The maximum atomic E-state index is 12.4. The Bertz CT molecular complexity index is 492. The summed E-state index contributed by atoms with van der Waals surface area (Å²) in [7, 11) is 0. The Kier molecular flexibility index (Phi) is 7.15. The van der Waals surface area contributed by atoms with Crippen LogP contribution < -0.4 is 10.6 Å². The summed E-state index contributed by atoms with van der Waals surface area (Å²) >= 11 is 0. The van der Waals surface area contributed by atoms with Crippen LogP contribution in [0.2, 0.25) is 0 Å². The van der Waals surface area contributed by atoms with Crippen molar-refractivity contribution in [1.82, 2.24) is 15.5 Å². The van der Waals surface area contributed by atoms with Crippen molar-refractivity contribution in [2.45, 2.75) is 77.5 Å². The Hall–Kier alpha value is -1.50. The van der Waals surface area contributed by atoms with Crippen molar-refractivity contribution in [1.29, 1.82) is 0 Å². The fraction of sp³-hybridized carbons (Fsp3) is 0.895. The van der Waals surface area contributed by atoms with Gasteiger partial charge in [-0.15, -0.1) is 0 Å². The van der Waals surface area contributed by atoms with Gasteiger partial charge < -0.3 is 25.0 Å². The second kappa shape index (κ2) is 8.93. The molecule has 7 heteroatoms. The first-order valence-electron chi connectivity index (χ1n) is 9.88. The zero-order chi connectivity index (χ0) is 19.2. The molecule has 0 aromatic rings. The van der Waals surface area contributed by atoms with Gasteiger partial charge in [0.25, 0.3) is 0 Å². The molecule has 26 heavy (non-hydrogen) atoms. The molecule has 1 amide bonds. The molecule has 2 aliphatic rings. The number of nitrogens with zero attached hydrogens (tertiary/aromatic N) is 2. The van der Waals surface area contributed by atoms with Crippen LogP contribution in [0.3, 0.4) is 0 Å². The molecule has 7 nitrogen and oxygen atoms in total. The van der Waals surface area contributed by atoms with Gasteiger partial charge >= 0.3 is 6.09 Å². The van der Waals surface area contributed by atoms with Gasteiger partial charge in [0, 0.05) is 32.3 Å². The molecule has 2 N–H and O–H groups in total. The third-order valence-electron chi connectivity index (χ3n) is 4.48. The van der Waals surface area contributed by atoms with Crippen molar-refractivity contribution < 1.29 is 14.3 Å². The lowest BCUT2D eigenvalue weighted by Gasteiger charge is -2.27. The molecule has 1 saturated heterocycles. The predicted octanol–water partition coefficient (Wildman–Crippen LogP) is 2.51. The van der Waals surface area contributed by atoms with Gasteiger partial charge in [-0.25, -0.2) is 4.79 Å². The highest BCUT2D eigenvalue weighted by atomic mass is 16.6. The minimum absolute atomic E-state index is 0.154. The molecule has 1 atom stereocenters. The number of ether oxygens (including phenoxy) is 2. The SMILES string of the molecule is CCNC(=NCC1(C)CCCO1)NCCN(C(=O)OC(C)(C)C)C1CC1. The van der Waals surface area contributed by atoms with Gasteiger partial charge in [-0.1, -0.05) is 0 Å². The highest BCUT2D eigenvalue weighted by Gasteiger charge is 2.35. The largest absolute Gasteiger partial charge is 0.444 e. The first-order valence-corrected chi connectivity index (χ1v) is 9.88. The molecule has 1 aliphatic heterocycles. The third-order valence-corrected chi connectivity index (χ3v) is 4.48. The van der Waals surface area contributed by atoms with Gasteiger partial charge in [-0.3, -0.25) is 4.99 Å². The van der Waals surface area contributed by atoms with E-state index in [2.05, 4.69) is 22.5 Å². The highest BCUT2D eigenvalue weighted by Crippen LogP contribution is 2.28. The van der Waals surface area contributed by atoms with Gasteiger partial charge in [-0.2, -0.15) is 0 Å². The van der Waals surface area contributed by atoms with Gasteiger partial charge in [0.15, 0.2) is 5.96 Å². The fourth-order valence-corrected chi connectivity index (χ4v) is 2.97. The number of hydrogen-bond donors (Lipinski definition) is 2. The van der Waals surface area contributed by atoms with Crippen molar-refractivity contribution in [2.75, 3.05) is 32.8 Å². The molecule has 1 saturated carbocycles. The van der Waals surface area contributed by atoms with E-state index in [1.54, 1.807) is 0 Å². The highest BCUT2D eigenvalue weighted by molar-refractivity contribution is 5.79. The van der Waals surface area contributed by atoms with Crippen LogP contribution in [0.25, 0.3) is 0 Å². The molecule has 1 unspecified atom stereocenters. The monoisotopic (exact) mass is 368 g/mol. The van der Waals surface area contributed by atoms with E-state index in [1.807, 2.05) is 32.6 Å². The van der Waals surface area contributed by atoms with Gasteiger partial charge in [-0.05, 0) is 60.3 Å². The van der Waals surface area contributed by atoms with Crippen LogP contribution in [0.5, 0.6) is 0 Å². The van der Waals surface area contributed by atoms with E-state index in [0.717, 1.165) is 44.8 Å². The molecule has 0 aromatic heterocycles. The Balaban J connectivity index is 1.83. The Morgan fingerprint density at radius 1 is 1.35 bits per heavy atom. The van der Waals surface area contributed by atoms with E-state index in [9.17, 15) is 4.79 Å². The molecule has 2 rings (SSSR count). The minimum atomic E-state index is -0.467. The first-order chi connectivity index (χ1) is 12.2. The maximum Gasteiger partial charge on any atom is 0.410 e. The number of guanidine groups is 1. The molecule has 1 heterocycles. The number of carbonyl (C=O) groups excluding carboxylic acids is 1. The van der Waals surface area contributed by atoms with Crippen LogP contribution in [0.15, 0.2) is 4.99 Å². The van der Waals surface area contributed by atoms with Gasteiger partial charge in [0.2, 0.25) is 0 Å². The summed E-state index contributed by atoms with van der Waals surface area (Å²) in [6.45, 7) is 13.4. The quantitative estimate of drug-likeness (QED) is 0.533. The van der Waals surface area contributed by atoms with Crippen LogP contribution >= 0.6 is 0 Å². The Morgan fingerprint density at radius 3 is 2.62 bits per heavy atom. The number of carbonyl (C=O) groups is 1. The smallest absolute Gasteiger partial charge is 0.410 e. The number of rotatable bonds is 7. The number of nitrogens with one attached hydrogen (secondary N) is 2. The third kappa shape index (κ3) is 7.02. The van der Waals surface area contributed by atoms with E-state index < -0.39 is 5.60 Å². The van der Waals surface area contributed by atoms with E-state index >= 15 is 0 Å². The molecular formula is C19H36N4O3. The molecule has 0 bridgehead atoms. The van der Waals surface area contributed by atoms with E-state index in [0.29, 0.717) is 25.7 Å². The molecule has 0 aromatic carbocycles. The van der Waals surface area contributed by atoms with Crippen molar-refractivity contribution in [3.05, 3.63) is 0 Å². The second-order valence-corrected chi connectivity index (χ2v) is 8.43. The summed E-state index contributed by atoms with van der Waals surface area (Å²) < 4.78 is 11.3. The van der Waals surface area contributed by atoms with Crippen LogP contribution in [0.1, 0.15) is 60.3 Å². The molecule has 0 spiro atoms. The van der Waals surface area contributed by atoms with Crippen molar-refractivity contribution in [3.8, 4) is 0 Å². The number of hydrogen-bond acceptors (Lipinski definition) is 4. The van der Waals surface area contributed by atoms with Crippen molar-refractivity contribution in [3.63, 3.8) is 0 Å². The average Bonchev–Trinajstić information content (AvgIpc) is 3.28. The summed E-state index contributed by atoms with van der Waals surface area (Å²) in [6.07, 6.45) is 4.04. The second-order valence-electron chi connectivity index (χ2n) is 8.43. The molecule has 2 fully saturated rings. The maximum absolute atomic E-state index is 12.4. The Morgan fingerprint density at radius 2 is 2.08 bits per heavy atom. The Labute approximate surface area is 157 Å². The number of aliphatic imine (C=N–C) groups is 1. The lowest BCUT2D eigenvalue weighted by Crippen LogP contribution is -2.45. The molecule has 0 radical (unpaired) electrons. The summed E-state index contributed by atoms with van der Waals surface area (Å²) in [5.74, 6) is 0.768. The fourth-order valence-electron chi connectivity index (χ4n) is 2.97. The molecule has 1 aliphatic carbocycles.